The van der Waals surface area contributed by atoms with Gasteiger partial charge in [0, 0.05) is 12.1 Å². The molecule has 0 aliphatic heterocycles. The predicted octanol–water partition coefficient (Wildman–Crippen LogP) is 4.18. The van der Waals surface area contributed by atoms with E-state index in [4.69, 9.17) is 0 Å². The first-order valence-electron chi connectivity index (χ1n) is 6.44. The van der Waals surface area contributed by atoms with E-state index in [0.29, 0.717) is 0 Å². The summed E-state index contributed by atoms with van der Waals surface area (Å²) in [5, 5.41) is 5.80. The molecule has 1 aromatic heterocycles. The molecule has 1 heterocycles. The van der Waals surface area contributed by atoms with Crippen LogP contribution in [0.5, 0.6) is 0 Å². The minimum atomic E-state index is 0.891. The van der Waals surface area contributed by atoms with Gasteiger partial charge in [0.25, 0.3) is 0 Å². The Morgan fingerprint density at radius 3 is 2.74 bits per heavy atom. The van der Waals surface area contributed by atoms with E-state index in [1.165, 1.54) is 22.5 Å². The lowest BCUT2D eigenvalue weighted by Gasteiger charge is -2.05. The predicted molar refractivity (Wildman–Crippen MR) is 81.6 cm³/mol. The number of fused-ring (bicyclic) bond motifs is 1. The molecule has 0 atom stereocenters. The fourth-order valence-corrected chi connectivity index (χ4v) is 2.62. The molecule has 19 heavy (non-hydrogen) atoms. The van der Waals surface area contributed by atoms with Crippen LogP contribution in [-0.2, 0) is 0 Å². The number of hydrogen-bond acceptors (Lipinski definition) is 4. The average molecular weight is 269 g/mol. The lowest BCUT2D eigenvalue weighted by molar-refractivity contribution is 0.974. The van der Waals surface area contributed by atoms with Gasteiger partial charge in [0.15, 0.2) is 5.82 Å². The summed E-state index contributed by atoms with van der Waals surface area (Å²) in [6.07, 6.45) is 1.08. The van der Waals surface area contributed by atoms with Crippen LogP contribution in [0.15, 0.2) is 42.5 Å². The highest BCUT2D eigenvalue weighted by atomic mass is 32.1. The molecule has 3 nitrogen and oxygen atoms in total. The van der Waals surface area contributed by atoms with E-state index in [-0.39, 0.29) is 0 Å². The van der Waals surface area contributed by atoms with Crippen molar-refractivity contribution in [1.29, 1.82) is 0 Å². The summed E-state index contributed by atoms with van der Waals surface area (Å²) in [6, 6.07) is 14.8. The van der Waals surface area contributed by atoms with Gasteiger partial charge >= 0.3 is 0 Å². The first kappa shape index (κ1) is 12.1. The highest BCUT2D eigenvalue weighted by molar-refractivity contribution is 6.99. The summed E-state index contributed by atoms with van der Waals surface area (Å²) in [5.41, 5.74) is 2.07. The van der Waals surface area contributed by atoms with Crippen LogP contribution in [0.25, 0.3) is 22.0 Å². The minimum Gasteiger partial charge on any atom is -0.367 e. The zero-order chi connectivity index (χ0) is 13.1. The van der Waals surface area contributed by atoms with Gasteiger partial charge in [-0.05, 0) is 23.3 Å². The van der Waals surface area contributed by atoms with Gasteiger partial charge < -0.3 is 5.32 Å². The number of aromatic nitrogens is 2. The van der Waals surface area contributed by atoms with Crippen molar-refractivity contribution in [2.24, 2.45) is 0 Å². The van der Waals surface area contributed by atoms with E-state index in [0.717, 1.165) is 30.0 Å². The first-order valence-corrected chi connectivity index (χ1v) is 7.17. The van der Waals surface area contributed by atoms with Gasteiger partial charge in [0.1, 0.15) is 5.69 Å². The Balaban J connectivity index is 2.01. The van der Waals surface area contributed by atoms with Gasteiger partial charge in [0.05, 0.1) is 11.7 Å². The maximum atomic E-state index is 4.41. The second kappa shape index (κ2) is 5.36. The maximum Gasteiger partial charge on any atom is 0.168 e. The molecule has 0 unspecified atom stereocenters. The Bertz CT molecular complexity index is 690. The van der Waals surface area contributed by atoms with Crippen LogP contribution in [0.2, 0.25) is 0 Å². The van der Waals surface area contributed by atoms with Crippen LogP contribution in [0, 0.1) is 0 Å². The standard InChI is InChI=1S/C15H15N3S/c1-2-9-16-15-14(17-19-18-15)13-8-7-11-5-3-4-6-12(11)10-13/h3-8,10H,2,9H2,1H3,(H,16,18). The Kier molecular flexibility index (Phi) is 3.42. The molecule has 0 radical (unpaired) electrons. The van der Waals surface area contributed by atoms with E-state index < -0.39 is 0 Å². The summed E-state index contributed by atoms with van der Waals surface area (Å²) >= 11 is 1.25. The zero-order valence-corrected chi connectivity index (χ0v) is 11.6. The first-order chi connectivity index (χ1) is 9.38. The lowest BCUT2D eigenvalue weighted by atomic mass is 10.1. The minimum absolute atomic E-state index is 0.891. The highest BCUT2D eigenvalue weighted by Crippen LogP contribution is 2.28. The average Bonchev–Trinajstić information content (AvgIpc) is 2.93. The van der Waals surface area contributed by atoms with Crippen LogP contribution in [0.4, 0.5) is 5.82 Å². The van der Waals surface area contributed by atoms with Crippen molar-refractivity contribution < 1.29 is 0 Å². The van der Waals surface area contributed by atoms with Crippen molar-refractivity contribution in [1.82, 2.24) is 8.75 Å². The summed E-state index contributed by atoms with van der Waals surface area (Å²) in [7, 11) is 0. The second-order valence-corrected chi connectivity index (χ2v) is 4.98. The number of nitrogens with zero attached hydrogens (tertiary/aromatic N) is 2. The van der Waals surface area contributed by atoms with Crippen LogP contribution >= 0.6 is 11.7 Å². The van der Waals surface area contributed by atoms with Gasteiger partial charge in [-0.15, -0.1) is 0 Å². The summed E-state index contributed by atoms with van der Waals surface area (Å²) in [6.45, 7) is 3.06. The van der Waals surface area contributed by atoms with Crippen molar-refractivity contribution in [3.05, 3.63) is 42.5 Å². The van der Waals surface area contributed by atoms with Crippen molar-refractivity contribution in [2.75, 3.05) is 11.9 Å². The molecular weight excluding hydrogens is 254 g/mol. The lowest BCUT2D eigenvalue weighted by Crippen LogP contribution is -2.01. The molecule has 0 bridgehead atoms. The molecule has 0 aliphatic carbocycles. The second-order valence-electron chi connectivity index (χ2n) is 4.45. The van der Waals surface area contributed by atoms with E-state index in [1.807, 2.05) is 0 Å². The molecule has 0 fully saturated rings. The largest absolute Gasteiger partial charge is 0.367 e. The van der Waals surface area contributed by atoms with Gasteiger partial charge in [0.2, 0.25) is 0 Å². The number of hydrogen-bond donors (Lipinski definition) is 1. The third-order valence-corrected chi connectivity index (χ3v) is 3.58. The van der Waals surface area contributed by atoms with E-state index >= 15 is 0 Å². The number of rotatable bonds is 4. The van der Waals surface area contributed by atoms with E-state index in [9.17, 15) is 0 Å². The Hall–Kier alpha value is -1.94. The molecule has 2 aromatic carbocycles. The molecule has 0 spiro atoms. The van der Waals surface area contributed by atoms with Gasteiger partial charge in [-0.1, -0.05) is 43.3 Å². The maximum absolute atomic E-state index is 4.41. The summed E-state index contributed by atoms with van der Waals surface area (Å²) < 4.78 is 8.74. The molecular formula is C15H15N3S. The monoisotopic (exact) mass is 269 g/mol. The van der Waals surface area contributed by atoms with Crippen LogP contribution in [0.1, 0.15) is 13.3 Å². The normalized spacial score (nSPS) is 10.8. The van der Waals surface area contributed by atoms with Crippen LogP contribution in [-0.4, -0.2) is 15.3 Å². The van der Waals surface area contributed by atoms with Crippen molar-refractivity contribution in [2.45, 2.75) is 13.3 Å². The summed E-state index contributed by atoms with van der Waals surface area (Å²) in [5.74, 6) is 0.891. The molecule has 1 N–H and O–H groups in total. The highest BCUT2D eigenvalue weighted by Gasteiger charge is 2.10. The van der Waals surface area contributed by atoms with Crippen LogP contribution in [0.3, 0.4) is 0 Å². The topological polar surface area (TPSA) is 37.8 Å². The zero-order valence-electron chi connectivity index (χ0n) is 10.8. The SMILES string of the molecule is CCCNc1nsnc1-c1ccc2ccccc2c1. The van der Waals surface area contributed by atoms with E-state index in [2.05, 4.69) is 63.5 Å². The Labute approximate surface area is 116 Å². The summed E-state index contributed by atoms with van der Waals surface area (Å²) in [4.78, 5) is 0. The number of nitrogens with one attached hydrogen (secondary N) is 1. The fourth-order valence-electron chi connectivity index (χ4n) is 2.07. The number of anilines is 1. The van der Waals surface area contributed by atoms with Crippen LogP contribution < -0.4 is 5.32 Å². The van der Waals surface area contributed by atoms with Gasteiger partial charge in [-0.25, -0.2) is 0 Å². The third-order valence-electron chi connectivity index (χ3n) is 3.05. The van der Waals surface area contributed by atoms with Crippen molar-refractivity contribution in [3.8, 4) is 11.3 Å². The Morgan fingerprint density at radius 2 is 1.89 bits per heavy atom. The third kappa shape index (κ3) is 2.44. The number of benzene rings is 2. The fraction of sp³-hybridized carbons (Fsp3) is 0.200. The molecule has 4 heteroatoms. The van der Waals surface area contributed by atoms with Gasteiger partial charge in [-0.2, -0.15) is 8.75 Å². The molecule has 3 aromatic rings. The van der Waals surface area contributed by atoms with E-state index in [1.54, 1.807) is 0 Å². The quantitative estimate of drug-likeness (QED) is 0.772. The molecule has 3 rings (SSSR count). The molecule has 96 valence electrons. The molecule has 0 amide bonds. The van der Waals surface area contributed by atoms with Crippen molar-refractivity contribution >= 4 is 28.3 Å². The van der Waals surface area contributed by atoms with Gasteiger partial charge in [-0.3, -0.25) is 0 Å². The van der Waals surface area contributed by atoms with Crippen molar-refractivity contribution in [3.63, 3.8) is 0 Å². The Morgan fingerprint density at radius 1 is 1.05 bits per heavy atom. The smallest absolute Gasteiger partial charge is 0.168 e. The molecule has 0 saturated heterocycles. The molecule has 0 saturated carbocycles. The molecule has 0 aliphatic rings.